The lowest BCUT2D eigenvalue weighted by molar-refractivity contribution is -0.144. The summed E-state index contributed by atoms with van der Waals surface area (Å²) in [6, 6.07) is 4.65. The van der Waals surface area contributed by atoms with Gasteiger partial charge < -0.3 is 15.0 Å². The Morgan fingerprint density at radius 3 is 2.73 bits per heavy atom. The number of nitrogens with zero attached hydrogens (tertiary/aromatic N) is 1. The van der Waals surface area contributed by atoms with Crippen molar-refractivity contribution < 1.29 is 14.3 Å². The van der Waals surface area contributed by atoms with E-state index in [1.54, 1.807) is 34.9 Å². The van der Waals surface area contributed by atoms with Crippen LogP contribution in [0, 0.1) is 5.41 Å². The van der Waals surface area contributed by atoms with Crippen molar-refractivity contribution in [1.29, 1.82) is 0 Å². The average Bonchev–Trinajstić information content (AvgIpc) is 3.04. The van der Waals surface area contributed by atoms with Gasteiger partial charge in [0.2, 0.25) is 11.8 Å². The molecule has 1 heterocycles. The molecule has 1 fully saturated rings. The van der Waals surface area contributed by atoms with E-state index in [1.807, 2.05) is 20.8 Å². The summed E-state index contributed by atoms with van der Waals surface area (Å²) in [4.78, 5) is 26.5. The van der Waals surface area contributed by atoms with Gasteiger partial charge in [-0.3, -0.25) is 9.59 Å². The van der Waals surface area contributed by atoms with Crippen LogP contribution < -0.4 is 10.1 Å². The minimum atomic E-state index is -0.491. The van der Waals surface area contributed by atoms with Gasteiger partial charge in [0, 0.05) is 22.7 Å². The van der Waals surface area contributed by atoms with Crippen molar-refractivity contribution in [1.82, 2.24) is 10.2 Å². The second-order valence-electron chi connectivity index (χ2n) is 7.11. The van der Waals surface area contributed by atoms with Crippen LogP contribution in [-0.2, 0) is 9.59 Å². The van der Waals surface area contributed by atoms with Gasteiger partial charge in [-0.1, -0.05) is 44.0 Å². The minimum absolute atomic E-state index is 0.00311. The van der Waals surface area contributed by atoms with E-state index in [4.69, 9.17) is 27.9 Å². The predicted octanol–water partition coefficient (Wildman–Crippen LogP) is 3.83. The number of hydrogen-bond acceptors (Lipinski definition) is 4. The largest absolute Gasteiger partial charge is 0.492 e. The number of carbonyl (C=O) groups is 2. The zero-order chi connectivity index (χ0) is 19.3. The van der Waals surface area contributed by atoms with Crippen molar-refractivity contribution in [2.24, 2.45) is 5.41 Å². The number of nitrogens with one attached hydrogen (secondary N) is 1. The average molecular weight is 419 g/mol. The SMILES string of the molecule is CC(C)(C)C(=O)N1CSCC1C(=O)NCCCOc1ccc(Cl)cc1Cl. The maximum Gasteiger partial charge on any atom is 0.243 e. The van der Waals surface area contributed by atoms with Crippen molar-refractivity contribution in [3.8, 4) is 5.75 Å². The van der Waals surface area contributed by atoms with Crippen LogP contribution in [-0.4, -0.2) is 47.5 Å². The molecule has 2 rings (SSSR count). The zero-order valence-electron chi connectivity index (χ0n) is 15.2. The summed E-state index contributed by atoms with van der Waals surface area (Å²) in [6.45, 7) is 6.50. The Morgan fingerprint density at radius 2 is 2.08 bits per heavy atom. The Labute approximate surface area is 168 Å². The molecule has 0 aromatic heterocycles. The molecule has 0 saturated carbocycles. The van der Waals surface area contributed by atoms with Gasteiger partial charge in [0.05, 0.1) is 17.5 Å². The molecule has 1 saturated heterocycles. The number of benzene rings is 1. The van der Waals surface area contributed by atoms with Crippen LogP contribution in [0.4, 0.5) is 0 Å². The molecule has 0 bridgehead atoms. The first-order valence-corrected chi connectivity index (χ1v) is 10.4. The van der Waals surface area contributed by atoms with Gasteiger partial charge in [-0.05, 0) is 24.6 Å². The number of hydrogen-bond donors (Lipinski definition) is 1. The van der Waals surface area contributed by atoms with E-state index < -0.39 is 11.5 Å². The van der Waals surface area contributed by atoms with Gasteiger partial charge in [0.25, 0.3) is 0 Å². The molecule has 1 aliphatic rings. The maximum atomic E-state index is 12.5. The van der Waals surface area contributed by atoms with E-state index in [-0.39, 0.29) is 11.8 Å². The highest BCUT2D eigenvalue weighted by atomic mass is 35.5. The molecule has 5 nitrogen and oxygen atoms in total. The molecule has 1 atom stereocenters. The lowest BCUT2D eigenvalue weighted by Crippen LogP contribution is -2.50. The van der Waals surface area contributed by atoms with Gasteiger partial charge in [-0.2, -0.15) is 0 Å². The summed E-state index contributed by atoms with van der Waals surface area (Å²) < 4.78 is 5.59. The molecule has 0 spiro atoms. The van der Waals surface area contributed by atoms with Crippen molar-refractivity contribution in [2.75, 3.05) is 24.8 Å². The third-order valence-electron chi connectivity index (χ3n) is 3.86. The number of amides is 2. The lowest BCUT2D eigenvalue weighted by Gasteiger charge is -2.29. The van der Waals surface area contributed by atoms with E-state index in [2.05, 4.69) is 5.32 Å². The summed E-state index contributed by atoms with van der Waals surface area (Å²) in [5, 5.41) is 3.90. The molecular formula is C18H24Cl2N2O3S. The first-order chi connectivity index (χ1) is 12.2. The van der Waals surface area contributed by atoms with Gasteiger partial charge in [0.15, 0.2) is 0 Å². The molecule has 1 aromatic rings. The number of halogens is 2. The molecule has 0 aliphatic carbocycles. The van der Waals surface area contributed by atoms with Crippen LogP contribution in [0.3, 0.4) is 0 Å². The Kier molecular flexibility index (Phi) is 7.50. The molecule has 0 radical (unpaired) electrons. The topological polar surface area (TPSA) is 58.6 Å². The minimum Gasteiger partial charge on any atom is -0.492 e. The summed E-state index contributed by atoms with van der Waals surface area (Å²) in [5.41, 5.74) is -0.491. The van der Waals surface area contributed by atoms with E-state index in [0.29, 0.717) is 47.0 Å². The third kappa shape index (κ3) is 5.69. The molecular weight excluding hydrogens is 395 g/mol. The highest BCUT2D eigenvalue weighted by Gasteiger charge is 2.38. The quantitative estimate of drug-likeness (QED) is 0.713. The monoisotopic (exact) mass is 418 g/mol. The first-order valence-electron chi connectivity index (χ1n) is 8.44. The Hall–Kier alpha value is -1.11. The van der Waals surface area contributed by atoms with Crippen molar-refractivity contribution in [3.63, 3.8) is 0 Å². The van der Waals surface area contributed by atoms with E-state index >= 15 is 0 Å². The van der Waals surface area contributed by atoms with Gasteiger partial charge in [-0.25, -0.2) is 0 Å². The van der Waals surface area contributed by atoms with Crippen LogP contribution >= 0.6 is 35.0 Å². The normalized spacial score (nSPS) is 17.3. The fraction of sp³-hybridized carbons (Fsp3) is 0.556. The maximum absolute atomic E-state index is 12.5. The van der Waals surface area contributed by atoms with E-state index in [9.17, 15) is 9.59 Å². The molecule has 8 heteroatoms. The molecule has 144 valence electrons. The third-order valence-corrected chi connectivity index (χ3v) is 5.40. The van der Waals surface area contributed by atoms with Crippen molar-refractivity contribution >= 4 is 46.8 Å². The number of rotatable bonds is 6. The number of ether oxygens (including phenoxy) is 1. The summed E-state index contributed by atoms with van der Waals surface area (Å²) in [5.74, 6) is 1.65. The number of thioether (sulfide) groups is 1. The molecule has 2 amide bonds. The standard InChI is InChI=1S/C18H24Cl2N2O3S/c1-18(2,3)17(24)22-11-26-10-14(22)16(23)21-7-4-8-25-15-6-5-12(19)9-13(15)20/h5-6,9,14H,4,7-8,10-11H2,1-3H3,(H,21,23). The lowest BCUT2D eigenvalue weighted by atomic mass is 9.94. The van der Waals surface area contributed by atoms with Crippen LogP contribution in [0.1, 0.15) is 27.2 Å². The van der Waals surface area contributed by atoms with Crippen LogP contribution in [0.2, 0.25) is 10.0 Å². The fourth-order valence-electron chi connectivity index (χ4n) is 2.47. The van der Waals surface area contributed by atoms with Crippen LogP contribution in [0.5, 0.6) is 5.75 Å². The molecule has 1 aromatic carbocycles. The van der Waals surface area contributed by atoms with E-state index in [0.717, 1.165) is 0 Å². The van der Waals surface area contributed by atoms with Gasteiger partial charge in [-0.15, -0.1) is 11.8 Å². The fourth-order valence-corrected chi connectivity index (χ4v) is 4.08. The Morgan fingerprint density at radius 1 is 1.35 bits per heavy atom. The smallest absolute Gasteiger partial charge is 0.243 e. The Balaban J connectivity index is 1.75. The second kappa shape index (κ2) is 9.20. The van der Waals surface area contributed by atoms with Crippen LogP contribution in [0.25, 0.3) is 0 Å². The Bertz CT molecular complexity index is 664. The summed E-state index contributed by atoms with van der Waals surface area (Å²) >= 11 is 13.5. The summed E-state index contributed by atoms with van der Waals surface area (Å²) in [7, 11) is 0. The summed E-state index contributed by atoms with van der Waals surface area (Å²) in [6.07, 6.45) is 0.637. The molecule has 1 unspecified atom stereocenters. The second-order valence-corrected chi connectivity index (χ2v) is 8.95. The predicted molar refractivity (Wildman–Crippen MR) is 107 cm³/mol. The highest BCUT2D eigenvalue weighted by Crippen LogP contribution is 2.28. The molecule has 1 aliphatic heterocycles. The first kappa shape index (κ1) is 21.2. The molecule has 1 N–H and O–H groups in total. The highest BCUT2D eigenvalue weighted by molar-refractivity contribution is 7.99. The van der Waals surface area contributed by atoms with Crippen LogP contribution in [0.15, 0.2) is 18.2 Å². The van der Waals surface area contributed by atoms with Crippen molar-refractivity contribution in [2.45, 2.75) is 33.2 Å². The number of carbonyl (C=O) groups excluding carboxylic acids is 2. The van der Waals surface area contributed by atoms with Gasteiger partial charge >= 0.3 is 0 Å². The molecule has 26 heavy (non-hydrogen) atoms. The van der Waals surface area contributed by atoms with Gasteiger partial charge in [0.1, 0.15) is 11.8 Å². The van der Waals surface area contributed by atoms with E-state index in [1.165, 1.54) is 0 Å². The zero-order valence-corrected chi connectivity index (χ0v) is 17.5. The van der Waals surface area contributed by atoms with Crippen molar-refractivity contribution in [3.05, 3.63) is 28.2 Å².